The number of ketones is 1. The van der Waals surface area contributed by atoms with Crippen molar-refractivity contribution >= 4 is 22.3 Å². The predicted molar refractivity (Wildman–Crippen MR) is 74.6 cm³/mol. The van der Waals surface area contributed by atoms with E-state index in [1.165, 1.54) is 17.7 Å². The van der Waals surface area contributed by atoms with Gasteiger partial charge < -0.3 is 4.90 Å². The number of rotatable bonds is 2. The standard InChI is InChI=1S/C14H20N2OS/c1-9(2)10-5-4-8-16(10)14-15-13-11(17)6-3-7-12(13)18-14/h9-10H,3-8H2,1-2H3. The molecule has 1 atom stereocenters. The highest BCUT2D eigenvalue weighted by molar-refractivity contribution is 7.16. The molecule has 1 aromatic heterocycles. The number of anilines is 1. The third-order valence-electron chi connectivity index (χ3n) is 4.07. The summed E-state index contributed by atoms with van der Waals surface area (Å²) in [6, 6.07) is 0.604. The van der Waals surface area contributed by atoms with Gasteiger partial charge in [0.15, 0.2) is 10.9 Å². The van der Waals surface area contributed by atoms with Crippen molar-refractivity contribution in [3.8, 4) is 0 Å². The Kier molecular flexibility index (Phi) is 3.14. The molecule has 1 aromatic rings. The first-order valence-electron chi connectivity index (χ1n) is 6.96. The van der Waals surface area contributed by atoms with Gasteiger partial charge in [0, 0.05) is 23.9 Å². The van der Waals surface area contributed by atoms with Crippen molar-refractivity contribution in [1.29, 1.82) is 0 Å². The molecule has 1 fully saturated rings. The number of Topliss-reactive ketones (excluding diaryl/α,β-unsaturated/α-hetero) is 1. The second-order valence-corrected chi connectivity index (χ2v) is 6.75. The molecule has 1 saturated heterocycles. The fourth-order valence-corrected chi connectivity index (χ4v) is 4.30. The van der Waals surface area contributed by atoms with Crippen LogP contribution in [-0.4, -0.2) is 23.4 Å². The summed E-state index contributed by atoms with van der Waals surface area (Å²) in [7, 11) is 0. The number of fused-ring (bicyclic) bond motifs is 1. The van der Waals surface area contributed by atoms with Gasteiger partial charge in [-0.15, -0.1) is 11.3 Å². The molecule has 0 spiro atoms. The molecule has 0 N–H and O–H groups in total. The fourth-order valence-electron chi connectivity index (χ4n) is 3.10. The summed E-state index contributed by atoms with van der Waals surface area (Å²) in [5, 5.41) is 1.09. The molecule has 3 nitrogen and oxygen atoms in total. The highest BCUT2D eigenvalue weighted by atomic mass is 32.1. The molecular weight excluding hydrogens is 244 g/mol. The lowest BCUT2D eigenvalue weighted by Gasteiger charge is -2.27. The highest BCUT2D eigenvalue weighted by Gasteiger charge is 2.31. The maximum atomic E-state index is 11.9. The largest absolute Gasteiger partial charge is 0.345 e. The zero-order chi connectivity index (χ0) is 12.7. The minimum Gasteiger partial charge on any atom is -0.345 e. The van der Waals surface area contributed by atoms with E-state index in [0.717, 1.165) is 30.2 Å². The Bertz CT molecular complexity index is 466. The number of aryl methyl sites for hydroxylation is 1. The van der Waals surface area contributed by atoms with E-state index in [4.69, 9.17) is 0 Å². The van der Waals surface area contributed by atoms with Crippen LogP contribution in [-0.2, 0) is 6.42 Å². The molecule has 0 aromatic carbocycles. The van der Waals surface area contributed by atoms with Crippen molar-refractivity contribution in [2.24, 2.45) is 5.92 Å². The third-order valence-corrected chi connectivity index (χ3v) is 5.22. The summed E-state index contributed by atoms with van der Waals surface area (Å²) in [6.45, 7) is 5.66. The van der Waals surface area contributed by atoms with Gasteiger partial charge >= 0.3 is 0 Å². The molecule has 0 amide bonds. The molecule has 4 heteroatoms. The van der Waals surface area contributed by atoms with Gasteiger partial charge in [0.25, 0.3) is 0 Å². The van der Waals surface area contributed by atoms with Crippen LogP contribution in [0.5, 0.6) is 0 Å². The first-order chi connectivity index (χ1) is 8.66. The smallest absolute Gasteiger partial charge is 0.186 e. The number of nitrogens with zero attached hydrogens (tertiary/aromatic N) is 2. The molecule has 18 heavy (non-hydrogen) atoms. The summed E-state index contributed by atoms with van der Waals surface area (Å²) >= 11 is 1.75. The van der Waals surface area contributed by atoms with Crippen LogP contribution in [0.1, 0.15) is 54.9 Å². The maximum Gasteiger partial charge on any atom is 0.186 e. The Hall–Kier alpha value is -0.900. The Morgan fingerprint density at radius 2 is 2.17 bits per heavy atom. The SMILES string of the molecule is CC(C)C1CCCN1c1nc2c(s1)CCCC2=O. The molecular formula is C14H20N2OS. The zero-order valence-electron chi connectivity index (χ0n) is 11.1. The average Bonchev–Trinajstić information content (AvgIpc) is 2.95. The molecule has 0 saturated carbocycles. The van der Waals surface area contributed by atoms with E-state index in [1.54, 1.807) is 11.3 Å². The van der Waals surface area contributed by atoms with Crippen LogP contribution >= 0.6 is 11.3 Å². The second kappa shape index (κ2) is 4.65. The summed E-state index contributed by atoms with van der Waals surface area (Å²) < 4.78 is 0. The van der Waals surface area contributed by atoms with Crippen molar-refractivity contribution < 1.29 is 4.79 Å². The van der Waals surface area contributed by atoms with Crippen LogP contribution in [0.2, 0.25) is 0 Å². The third kappa shape index (κ3) is 1.96. The van der Waals surface area contributed by atoms with Gasteiger partial charge in [0.05, 0.1) is 0 Å². The number of carbonyl (C=O) groups is 1. The first kappa shape index (κ1) is 12.2. The van der Waals surface area contributed by atoms with Gasteiger partial charge in [0.1, 0.15) is 5.69 Å². The van der Waals surface area contributed by atoms with Crippen molar-refractivity contribution in [3.05, 3.63) is 10.6 Å². The van der Waals surface area contributed by atoms with Crippen LogP contribution < -0.4 is 4.90 Å². The highest BCUT2D eigenvalue weighted by Crippen LogP contribution is 2.36. The number of carbonyl (C=O) groups excluding carboxylic acids is 1. The van der Waals surface area contributed by atoms with Gasteiger partial charge in [-0.1, -0.05) is 13.8 Å². The maximum absolute atomic E-state index is 11.9. The summed E-state index contributed by atoms with van der Waals surface area (Å²) in [4.78, 5) is 20.1. The monoisotopic (exact) mass is 264 g/mol. The van der Waals surface area contributed by atoms with Crippen molar-refractivity contribution in [1.82, 2.24) is 4.98 Å². The van der Waals surface area contributed by atoms with E-state index in [1.807, 2.05) is 0 Å². The van der Waals surface area contributed by atoms with E-state index in [9.17, 15) is 4.79 Å². The Balaban J connectivity index is 1.91. The number of hydrogen-bond donors (Lipinski definition) is 0. The van der Waals surface area contributed by atoms with Crippen molar-refractivity contribution in [3.63, 3.8) is 0 Å². The van der Waals surface area contributed by atoms with E-state index in [2.05, 4.69) is 23.7 Å². The quantitative estimate of drug-likeness (QED) is 0.822. The zero-order valence-corrected chi connectivity index (χ0v) is 11.9. The van der Waals surface area contributed by atoms with E-state index in [0.29, 0.717) is 18.4 Å². The minimum atomic E-state index is 0.249. The van der Waals surface area contributed by atoms with Gasteiger partial charge in [-0.3, -0.25) is 4.79 Å². The van der Waals surface area contributed by atoms with Crippen LogP contribution in [0.25, 0.3) is 0 Å². The van der Waals surface area contributed by atoms with Gasteiger partial charge in [-0.2, -0.15) is 0 Å². The van der Waals surface area contributed by atoms with E-state index >= 15 is 0 Å². The molecule has 1 aliphatic carbocycles. The lowest BCUT2D eigenvalue weighted by Crippen LogP contribution is -2.33. The molecule has 2 heterocycles. The lowest BCUT2D eigenvalue weighted by molar-refractivity contribution is 0.0968. The number of thiazole rings is 1. The predicted octanol–water partition coefficient (Wildman–Crippen LogP) is 3.29. The normalized spacial score (nSPS) is 23.8. The fraction of sp³-hybridized carbons (Fsp3) is 0.714. The molecule has 3 rings (SSSR count). The minimum absolute atomic E-state index is 0.249. The van der Waals surface area contributed by atoms with Crippen LogP contribution in [0, 0.1) is 5.92 Å². The van der Waals surface area contributed by atoms with E-state index in [-0.39, 0.29) is 5.78 Å². The molecule has 1 aliphatic heterocycles. The van der Waals surface area contributed by atoms with Crippen molar-refractivity contribution in [2.45, 2.75) is 52.0 Å². The van der Waals surface area contributed by atoms with Crippen LogP contribution in [0.15, 0.2) is 0 Å². The molecule has 1 unspecified atom stereocenters. The summed E-state index contributed by atoms with van der Waals surface area (Å²) in [6.07, 6.45) is 5.24. The molecule has 0 radical (unpaired) electrons. The Morgan fingerprint density at radius 3 is 2.89 bits per heavy atom. The van der Waals surface area contributed by atoms with Gasteiger partial charge in [-0.25, -0.2) is 4.98 Å². The summed E-state index contributed by atoms with van der Waals surface area (Å²) in [5.41, 5.74) is 0.774. The Labute approximate surface area is 112 Å². The number of aromatic nitrogens is 1. The van der Waals surface area contributed by atoms with Crippen LogP contribution in [0.4, 0.5) is 5.13 Å². The van der Waals surface area contributed by atoms with Gasteiger partial charge in [0.2, 0.25) is 0 Å². The Morgan fingerprint density at radius 1 is 1.33 bits per heavy atom. The second-order valence-electron chi connectivity index (χ2n) is 5.69. The lowest BCUT2D eigenvalue weighted by atomic mass is 10.0. The molecule has 98 valence electrons. The van der Waals surface area contributed by atoms with Gasteiger partial charge in [-0.05, 0) is 31.6 Å². The summed E-state index contributed by atoms with van der Waals surface area (Å²) in [5.74, 6) is 0.906. The van der Waals surface area contributed by atoms with Crippen LogP contribution in [0.3, 0.4) is 0 Å². The van der Waals surface area contributed by atoms with Crippen molar-refractivity contribution in [2.75, 3.05) is 11.4 Å². The topological polar surface area (TPSA) is 33.2 Å². The molecule has 2 aliphatic rings. The molecule has 0 bridgehead atoms. The van der Waals surface area contributed by atoms with E-state index < -0.39 is 0 Å². The first-order valence-corrected chi connectivity index (χ1v) is 7.78. The number of hydrogen-bond acceptors (Lipinski definition) is 4. The average molecular weight is 264 g/mol.